The lowest BCUT2D eigenvalue weighted by Crippen LogP contribution is -2.28. The van der Waals surface area contributed by atoms with Crippen LogP contribution in [0.4, 0.5) is 5.69 Å². The van der Waals surface area contributed by atoms with E-state index >= 15 is 0 Å². The quantitative estimate of drug-likeness (QED) is 0.324. The Kier molecular flexibility index (Phi) is 6.59. The van der Waals surface area contributed by atoms with Crippen molar-refractivity contribution in [2.75, 3.05) is 12.1 Å². The van der Waals surface area contributed by atoms with E-state index in [1.54, 1.807) is 18.2 Å². The lowest BCUT2D eigenvalue weighted by molar-refractivity contribution is -0.121. The first-order valence-corrected chi connectivity index (χ1v) is 12.9. The highest BCUT2D eigenvalue weighted by Gasteiger charge is 2.29. The molecular formula is C31H27N3O5. The second-order valence-electron chi connectivity index (χ2n) is 9.52. The molecular weight excluding hydrogens is 494 g/mol. The third-order valence-electron chi connectivity index (χ3n) is 6.99. The van der Waals surface area contributed by atoms with Crippen molar-refractivity contribution < 1.29 is 23.5 Å². The molecule has 4 aromatic rings. The molecule has 0 bridgehead atoms. The Morgan fingerprint density at radius 3 is 2.28 bits per heavy atom. The van der Waals surface area contributed by atoms with E-state index in [9.17, 15) is 9.59 Å². The highest BCUT2D eigenvalue weighted by atomic mass is 16.7. The van der Waals surface area contributed by atoms with Gasteiger partial charge in [-0.1, -0.05) is 60.7 Å². The highest BCUT2D eigenvalue weighted by Crippen LogP contribution is 2.35. The number of benzene rings is 3. The third-order valence-corrected chi connectivity index (χ3v) is 6.99. The Labute approximate surface area is 225 Å². The predicted molar refractivity (Wildman–Crippen MR) is 146 cm³/mol. The molecule has 0 atom stereocenters. The van der Waals surface area contributed by atoms with Crippen molar-refractivity contribution >= 4 is 23.2 Å². The smallest absolute Gasteiger partial charge is 0.291 e. The largest absolute Gasteiger partial charge is 0.455 e. The molecule has 8 nitrogen and oxygen atoms in total. The average molecular weight is 522 g/mol. The van der Waals surface area contributed by atoms with Crippen LogP contribution >= 0.6 is 0 Å². The van der Waals surface area contributed by atoms with Crippen LogP contribution in [0.2, 0.25) is 0 Å². The Morgan fingerprint density at radius 1 is 0.872 bits per heavy atom. The van der Waals surface area contributed by atoms with Gasteiger partial charge in [-0.15, -0.1) is 0 Å². The Morgan fingerprint density at radius 2 is 1.56 bits per heavy atom. The molecule has 2 amide bonds. The van der Waals surface area contributed by atoms with Gasteiger partial charge in [-0.25, -0.2) is 5.43 Å². The summed E-state index contributed by atoms with van der Waals surface area (Å²) in [5, 5.41) is 7.42. The first-order chi connectivity index (χ1) is 19.1. The summed E-state index contributed by atoms with van der Waals surface area (Å²) in [6.07, 6.45) is 2.16. The van der Waals surface area contributed by atoms with E-state index in [0.717, 1.165) is 23.1 Å². The minimum absolute atomic E-state index is 0.160. The zero-order valence-electron chi connectivity index (χ0n) is 21.4. The molecule has 2 aliphatic rings. The molecule has 0 saturated carbocycles. The molecule has 196 valence electrons. The fourth-order valence-corrected chi connectivity index (χ4v) is 5.13. The number of furan rings is 1. The van der Waals surface area contributed by atoms with Crippen molar-refractivity contribution in [1.29, 1.82) is 0 Å². The molecule has 0 radical (unpaired) electrons. The zero-order chi connectivity index (χ0) is 26.8. The van der Waals surface area contributed by atoms with Crippen molar-refractivity contribution in [3.05, 3.63) is 113 Å². The van der Waals surface area contributed by atoms with Crippen LogP contribution < -0.4 is 20.2 Å². The number of carbonyl (C=O) groups excluding carboxylic acids is 2. The molecule has 0 unspecified atom stereocenters. The van der Waals surface area contributed by atoms with Crippen LogP contribution in [0.15, 0.2) is 88.4 Å². The summed E-state index contributed by atoms with van der Waals surface area (Å²) in [6, 6.07) is 24.5. The van der Waals surface area contributed by atoms with Gasteiger partial charge in [-0.2, -0.15) is 5.10 Å². The van der Waals surface area contributed by atoms with Crippen molar-refractivity contribution in [2.24, 2.45) is 5.10 Å². The second-order valence-corrected chi connectivity index (χ2v) is 9.52. The highest BCUT2D eigenvalue weighted by molar-refractivity contribution is 6.09. The summed E-state index contributed by atoms with van der Waals surface area (Å²) in [5.74, 6) is 1.05. The number of hydrogen-bond acceptors (Lipinski definition) is 6. The molecule has 0 spiro atoms. The molecule has 3 aromatic carbocycles. The van der Waals surface area contributed by atoms with E-state index in [1.807, 2.05) is 67.6 Å². The van der Waals surface area contributed by atoms with Crippen LogP contribution in [0, 0.1) is 6.92 Å². The summed E-state index contributed by atoms with van der Waals surface area (Å²) >= 11 is 0. The standard InChI is InChI=1S/C31H27N3O5/c1-19-27-23(33-34-30(35)28(20-9-4-2-5-10-20)21-11-6-3-7-12-21)13-8-14-25(27)39-29(19)31(36)32-22-15-16-24-26(17-22)38-18-37-24/h2-7,9-12,15-17,28H,8,13-14,18H2,1H3,(H,32,36)(H,34,35)/b33-23+. The van der Waals surface area contributed by atoms with Gasteiger partial charge in [0.2, 0.25) is 6.79 Å². The van der Waals surface area contributed by atoms with Crippen molar-refractivity contribution in [1.82, 2.24) is 5.43 Å². The Bertz CT molecular complexity index is 1520. The van der Waals surface area contributed by atoms with Crippen LogP contribution in [0.1, 0.15) is 57.3 Å². The number of rotatable bonds is 6. The molecule has 0 fully saturated rings. The van der Waals surface area contributed by atoms with Gasteiger partial charge in [0.1, 0.15) is 5.76 Å². The number of hydrogen-bond donors (Lipinski definition) is 2. The third kappa shape index (κ3) is 4.88. The number of ether oxygens (including phenoxy) is 2. The number of carbonyl (C=O) groups is 2. The maximum absolute atomic E-state index is 13.5. The van der Waals surface area contributed by atoms with Crippen molar-refractivity contribution in [3.8, 4) is 11.5 Å². The second kappa shape index (κ2) is 10.5. The van der Waals surface area contributed by atoms with Gasteiger partial charge >= 0.3 is 0 Å². The van der Waals surface area contributed by atoms with Gasteiger partial charge < -0.3 is 19.2 Å². The van der Waals surface area contributed by atoms with Gasteiger partial charge in [0.25, 0.3) is 11.8 Å². The number of amides is 2. The maximum Gasteiger partial charge on any atom is 0.291 e. The van der Waals surface area contributed by atoms with Gasteiger partial charge in [0, 0.05) is 29.3 Å². The van der Waals surface area contributed by atoms with Gasteiger partial charge in [0.05, 0.1) is 11.6 Å². The van der Waals surface area contributed by atoms with E-state index in [0.29, 0.717) is 47.1 Å². The lowest BCUT2D eigenvalue weighted by atomic mass is 9.90. The average Bonchev–Trinajstić information content (AvgIpc) is 3.57. The minimum Gasteiger partial charge on any atom is -0.455 e. The number of nitrogens with zero attached hydrogens (tertiary/aromatic N) is 1. The topological polar surface area (TPSA) is 102 Å². The lowest BCUT2D eigenvalue weighted by Gasteiger charge is -2.18. The van der Waals surface area contributed by atoms with Crippen LogP contribution in [-0.2, 0) is 11.2 Å². The molecule has 1 aromatic heterocycles. The number of nitrogens with one attached hydrogen (secondary N) is 2. The summed E-state index contributed by atoms with van der Waals surface area (Å²) in [5.41, 5.74) is 7.32. The maximum atomic E-state index is 13.5. The number of hydrazone groups is 1. The van der Waals surface area contributed by atoms with Crippen LogP contribution in [0.5, 0.6) is 11.5 Å². The number of anilines is 1. The zero-order valence-corrected chi connectivity index (χ0v) is 21.4. The summed E-state index contributed by atoms with van der Waals surface area (Å²) in [6.45, 7) is 2.00. The molecule has 1 aliphatic heterocycles. The number of fused-ring (bicyclic) bond motifs is 2. The molecule has 8 heteroatoms. The number of aryl methyl sites for hydroxylation is 1. The summed E-state index contributed by atoms with van der Waals surface area (Å²) < 4.78 is 16.8. The van der Waals surface area contributed by atoms with E-state index in [4.69, 9.17) is 13.9 Å². The van der Waals surface area contributed by atoms with E-state index < -0.39 is 5.92 Å². The summed E-state index contributed by atoms with van der Waals surface area (Å²) in [7, 11) is 0. The summed E-state index contributed by atoms with van der Waals surface area (Å²) in [4.78, 5) is 26.6. The fraction of sp³-hybridized carbons (Fsp3) is 0.194. The minimum atomic E-state index is -0.506. The van der Waals surface area contributed by atoms with Gasteiger partial charge in [0.15, 0.2) is 17.3 Å². The molecule has 0 saturated heterocycles. The van der Waals surface area contributed by atoms with Crippen LogP contribution in [0.25, 0.3) is 0 Å². The fourth-order valence-electron chi connectivity index (χ4n) is 5.13. The Hall–Kier alpha value is -4.85. The molecule has 39 heavy (non-hydrogen) atoms. The van der Waals surface area contributed by atoms with Crippen LogP contribution in [0.3, 0.4) is 0 Å². The molecule has 6 rings (SSSR count). The van der Waals surface area contributed by atoms with Crippen LogP contribution in [-0.4, -0.2) is 24.3 Å². The van der Waals surface area contributed by atoms with Crippen molar-refractivity contribution in [3.63, 3.8) is 0 Å². The first-order valence-electron chi connectivity index (χ1n) is 12.9. The van der Waals surface area contributed by atoms with Gasteiger partial charge in [-0.3, -0.25) is 9.59 Å². The predicted octanol–water partition coefficient (Wildman–Crippen LogP) is 5.56. The first kappa shape index (κ1) is 24.5. The van der Waals surface area contributed by atoms with E-state index in [2.05, 4.69) is 15.8 Å². The van der Waals surface area contributed by atoms with E-state index in [1.165, 1.54) is 0 Å². The monoisotopic (exact) mass is 521 g/mol. The normalized spacial score (nSPS) is 14.8. The SMILES string of the molecule is Cc1c(C(=O)Nc2ccc3c(c2)OCO3)oc2c1/C(=N/NC(=O)C(c1ccccc1)c1ccccc1)CCC2. The molecule has 2 N–H and O–H groups in total. The molecule has 1 aliphatic carbocycles. The molecule has 2 heterocycles. The van der Waals surface area contributed by atoms with E-state index in [-0.39, 0.29) is 24.4 Å². The van der Waals surface area contributed by atoms with Gasteiger partial charge in [-0.05, 0) is 43.0 Å². The Balaban J connectivity index is 1.24. The van der Waals surface area contributed by atoms with Crippen molar-refractivity contribution in [2.45, 2.75) is 32.1 Å².